The molecule has 0 radical (unpaired) electrons. The quantitative estimate of drug-likeness (QED) is 0.877. The molecule has 2 rings (SSSR count). The zero-order chi connectivity index (χ0) is 13.7. The summed E-state index contributed by atoms with van der Waals surface area (Å²) in [4.78, 5) is 0. The smallest absolute Gasteiger partial charge is 0.124 e. The largest absolute Gasteiger partial charge is 0.489 e. The van der Waals surface area contributed by atoms with E-state index < -0.39 is 0 Å². The highest BCUT2D eigenvalue weighted by Gasteiger charge is 2.09. The van der Waals surface area contributed by atoms with Crippen LogP contribution in [-0.2, 0) is 6.61 Å². The molecule has 0 saturated heterocycles. The summed E-state index contributed by atoms with van der Waals surface area (Å²) in [5, 5.41) is 0. The molecule has 0 aliphatic rings. The average molecular weight is 255 g/mol. The van der Waals surface area contributed by atoms with Crippen LogP contribution in [0.2, 0.25) is 0 Å². The summed E-state index contributed by atoms with van der Waals surface area (Å²) in [6.07, 6.45) is 0.908. The Morgan fingerprint density at radius 1 is 1.05 bits per heavy atom. The van der Waals surface area contributed by atoms with E-state index in [1.807, 2.05) is 24.3 Å². The van der Waals surface area contributed by atoms with Crippen molar-refractivity contribution in [3.8, 4) is 5.75 Å². The summed E-state index contributed by atoms with van der Waals surface area (Å²) in [7, 11) is 0. The fourth-order valence-corrected chi connectivity index (χ4v) is 1.98. The molecule has 0 heterocycles. The number of nitrogens with two attached hydrogens (primary N) is 1. The predicted octanol–water partition coefficient (Wildman–Crippen LogP) is 3.98. The predicted molar refractivity (Wildman–Crippen MR) is 79.2 cm³/mol. The number of benzene rings is 2. The molecule has 0 amide bonds. The minimum Gasteiger partial charge on any atom is -0.489 e. The normalized spacial score (nSPS) is 12.2. The Kier molecular flexibility index (Phi) is 4.58. The molecule has 2 heteroatoms. The summed E-state index contributed by atoms with van der Waals surface area (Å²) >= 11 is 0. The van der Waals surface area contributed by atoms with Crippen molar-refractivity contribution in [3.05, 3.63) is 65.2 Å². The second-order valence-electron chi connectivity index (χ2n) is 4.83. The first-order valence-electron chi connectivity index (χ1n) is 6.73. The van der Waals surface area contributed by atoms with E-state index in [0.29, 0.717) is 6.61 Å². The lowest BCUT2D eigenvalue weighted by Gasteiger charge is -2.15. The van der Waals surface area contributed by atoms with Crippen LogP contribution >= 0.6 is 0 Å². The van der Waals surface area contributed by atoms with Crippen LogP contribution in [0.3, 0.4) is 0 Å². The first-order chi connectivity index (χ1) is 9.20. The van der Waals surface area contributed by atoms with Crippen LogP contribution in [0.1, 0.15) is 36.1 Å². The van der Waals surface area contributed by atoms with Gasteiger partial charge in [-0.05, 0) is 25.0 Å². The third kappa shape index (κ3) is 3.58. The van der Waals surface area contributed by atoms with Gasteiger partial charge in [0.05, 0.1) is 0 Å². The molecular formula is C17H21NO. The van der Waals surface area contributed by atoms with Crippen molar-refractivity contribution in [2.45, 2.75) is 32.9 Å². The Balaban J connectivity index is 2.09. The standard InChI is InChI=1S/C17H21NO/c1-3-16(18)15-6-4-5-7-17(15)19-12-14-10-8-13(2)9-11-14/h4-11,16H,3,12,18H2,1-2H3/t16-/m1/s1. The molecule has 0 aliphatic heterocycles. The van der Waals surface area contributed by atoms with Crippen LogP contribution in [0.15, 0.2) is 48.5 Å². The maximum Gasteiger partial charge on any atom is 0.124 e. The highest BCUT2D eigenvalue weighted by atomic mass is 16.5. The minimum absolute atomic E-state index is 0.0363. The third-order valence-corrected chi connectivity index (χ3v) is 3.27. The van der Waals surface area contributed by atoms with Crippen LogP contribution in [0.25, 0.3) is 0 Å². The summed E-state index contributed by atoms with van der Waals surface area (Å²) in [5.41, 5.74) is 9.62. The molecule has 0 aliphatic carbocycles. The Bertz CT molecular complexity index is 519. The average Bonchev–Trinajstić information content (AvgIpc) is 2.46. The number of aryl methyl sites for hydroxylation is 1. The number of para-hydroxylation sites is 1. The molecule has 0 fully saturated rings. The molecular weight excluding hydrogens is 234 g/mol. The van der Waals surface area contributed by atoms with Gasteiger partial charge in [-0.25, -0.2) is 0 Å². The van der Waals surface area contributed by atoms with Crippen LogP contribution in [-0.4, -0.2) is 0 Å². The summed E-state index contributed by atoms with van der Waals surface area (Å²) < 4.78 is 5.91. The Labute approximate surface area is 115 Å². The second kappa shape index (κ2) is 6.39. The highest BCUT2D eigenvalue weighted by Crippen LogP contribution is 2.26. The Morgan fingerprint density at radius 3 is 2.42 bits per heavy atom. The molecule has 2 nitrogen and oxygen atoms in total. The van der Waals surface area contributed by atoms with E-state index in [-0.39, 0.29) is 6.04 Å². The SMILES string of the molecule is CC[C@@H](N)c1ccccc1OCc1ccc(C)cc1. The van der Waals surface area contributed by atoms with Crippen LogP contribution in [0, 0.1) is 6.92 Å². The maximum absolute atomic E-state index is 6.10. The van der Waals surface area contributed by atoms with Crippen molar-refractivity contribution in [1.82, 2.24) is 0 Å². The molecule has 19 heavy (non-hydrogen) atoms. The topological polar surface area (TPSA) is 35.2 Å². The Hall–Kier alpha value is -1.80. The fourth-order valence-electron chi connectivity index (χ4n) is 1.98. The lowest BCUT2D eigenvalue weighted by molar-refractivity contribution is 0.300. The minimum atomic E-state index is 0.0363. The molecule has 100 valence electrons. The molecule has 2 aromatic rings. The van der Waals surface area contributed by atoms with Gasteiger partial charge in [0.15, 0.2) is 0 Å². The molecule has 0 spiro atoms. The monoisotopic (exact) mass is 255 g/mol. The van der Waals surface area contributed by atoms with Gasteiger partial charge in [-0.2, -0.15) is 0 Å². The van der Waals surface area contributed by atoms with Crippen molar-refractivity contribution in [1.29, 1.82) is 0 Å². The molecule has 2 N–H and O–H groups in total. The van der Waals surface area contributed by atoms with Gasteiger partial charge in [0.2, 0.25) is 0 Å². The fraction of sp³-hybridized carbons (Fsp3) is 0.294. The van der Waals surface area contributed by atoms with Crippen LogP contribution in [0.4, 0.5) is 0 Å². The first kappa shape index (κ1) is 13.6. The van der Waals surface area contributed by atoms with E-state index in [1.165, 1.54) is 11.1 Å². The van der Waals surface area contributed by atoms with Gasteiger partial charge in [0.25, 0.3) is 0 Å². The van der Waals surface area contributed by atoms with Gasteiger partial charge < -0.3 is 10.5 Å². The third-order valence-electron chi connectivity index (χ3n) is 3.27. The van der Waals surface area contributed by atoms with Gasteiger partial charge in [-0.1, -0.05) is 55.0 Å². The zero-order valence-corrected chi connectivity index (χ0v) is 11.6. The van der Waals surface area contributed by atoms with E-state index in [4.69, 9.17) is 10.5 Å². The molecule has 2 aromatic carbocycles. The van der Waals surface area contributed by atoms with Gasteiger partial charge in [-0.15, -0.1) is 0 Å². The lowest BCUT2D eigenvalue weighted by Crippen LogP contribution is -2.10. The Morgan fingerprint density at radius 2 is 1.74 bits per heavy atom. The van der Waals surface area contributed by atoms with Crippen molar-refractivity contribution in [2.75, 3.05) is 0 Å². The second-order valence-corrected chi connectivity index (χ2v) is 4.83. The number of ether oxygens (including phenoxy) is 1. The molecule has 0 aromatic heterocycles. The lowest BCUT2D eigenvalue weighted by atomic mass is 10.0. The van der Waals surface area contributed by atoms with Gasteiger partial charge in [0.1, 0.15) is 12.4 Å². The van der Waals surface area contributed by atoms with E-state index in [0.717, 1.165) is 17.7 Å². The van der Waals surface area contributed by atoms with Gasteiger partial charge in [0, 0.05) is 11.6 Å². The van der Waals surface area contributed by atoms with Gasteiger partial charge >= 0.3 is 0 Å². The van der Waals surface area contributed by atoms with Crippen LogP contribution in [0.5, 0.6) is 5.75 Å². The number of hydrogen-bond donors (Lipinski definition) is 1. The highest BCUT2D eigenvalue weighted by molar-refractivity contribution is 5.36. The van der Waals surface area contributed by atoms with Crippen LogP contribution < -0.4 is 10.5 Å². The van der Waals surface area contributed by atoms with E-state index >= 15 is 0 Å². The van der Waals surface area contributed by atoms with Crippen molar-refractivity contribution >= 4 is 0 Å². The maximum atomic E-state index is 6.10. The van der Waals surface area contributed by atoms with Crippen molar-refractivity contribution < 1.29 is 4.74 Å². The van der Waals surface area contributed by atoms with Crippen molar-refractivity contribution in [2.24, 2.45) is 5.73 Å². The summed E-state index contributed by atoms with van der Waals surface area (Å²) in [6, 6.07) is 16.4. The summed E-state index contributed by atoms with van der Waals surface area (Å²) in [5.74, 6) is 0.887. The number of hydrogen-bond acceptors (Lipinski definition) is 2. The van der Waals surface area contributed by atoms with Gasteiger partial charge in [-0.3, -0.25) is 0 Å². The molecule has 0 bridgehead atoms. The van der Waals surface area contributed by atoms with Crippen molar-refractivity contribution in [3.63, 3.8) is 0 Å². The number of rotatable bonds is 5. The molecule has 1 atom stereocenters. The van der Waals surface area contributed by atoms with E-state index in [2.05, 4.69) is 38.1 Å². The first-order valence-corrected chi connectivity index (χ1v) is 6.73. The molecule has 0 saturated carbocycles. The van der Waals surface area contributed by atoms with E-state index in [1.54, 1.807) is 0 Å². The van der Waals surface area contributed by atoms with E-state index in [9.17, 15) is 0 Å². The molecule has 0 unspecified atom stereocenters. The zero-order valence-electron chi connectivity index (χ0n) is 11.6. The summed E-state index contributed by atoms with van der Waals surface area (Å²) in [6.45, 7) is 4.75.